The lowest BCUT2D eigenvalue weighted by Crippen LogP contribution is -2.35. The van der Waals surface area contributed by atoms with E-state index in [0.29, 0.717) is 0 Å². The van der Waals surface area contributed by atoms with Gasteiger partial charge in [0.15, 0.2) is 0 Å². The smallest absolute Gasteiger partial charge is 0.252 e. The summed E-state index contributed by atoms with van der Waals surface area (Å²) in [5.41, 5.74) is 2.08. The molecule has 2 aliphatic heterocycles. The van der Waals surface area contributed by atoms with Crippen molar-refractivity contribution in [3.05, 3.63) is 51.9 Å². The van der Waals surface area contributed by atoms with Crippen molar-refractivity contribution in [3.8, 4) is 18.1 Å². The predicted molar refractivity (Wildman–Crippen MR) is 114 cm³/mol. The van der Waals surface area contributed by atoms with Crippen molar-refractivity contribution in [2.24, 2.45) is 0 Å². The maximum Gasteiger partial charge on any atom is 0.252 e. The number of benzene rings is 1. The number of nitrogens with one attached hydrogen (secondary N) is 1. The van der Waals surface area contributed by atoms with E-state index in [1.807, 2.05) is 12.1 Å². The molecule has 1 aromatic carbocycles. The summed E-state index contributed by atoms with van der Waals surface area (Å²) in [6, 6.07) is 9.78. The molecule has 1 atom stereocenters. The van der Waals surface area contributed by atoms with Crippen LogP contribution in [0, 0.1) is 12.3 Å². The van der Waals surface area contributed by atoms with E-state index in [1.165, 1.54) is 5.56 Å². The third kappa shape index (κ3) is 4.99. The summed E-state index contributed by atoms with van der Waals surface area (Å²) in [4.78, 5) is 24.6. The van der Waals surface area contributed by atoms with Gasteiger partial charge in [-0.1, -0.05) is 18.1 Å². The molecule has 4 rings (SSSR count). The van der Waals surface area contributed by atoms with Gasteiger partial charge >= 0.3 is 0 Å². The Bertz CT molecular complexity index is 927. The average molecular weight is 393 g/mol. The first kappa shape index (κ1) is 19.5. The zero-order valence-electron chi connectivity index (χ0n) is 16.8. The highest BCUT2D eigenvalue weighted by Gasteiger charge is 2.24. The van der Waals surface area contributed by atoms with Crippen LogP contribution in [-0.4, -0.2) is 47.7 Å². The molecule has 3 heterocycles. The van der Waals surface area contributed by atoms with Gasteiger partial charge in [-0.2, -0.15) is 0 Å². The first-order valence-electron chi connectivity index (χ1n) is 10.4. The van der Waals surface area contributed by atoms with E-state index in [-0.39, 0.29) is 18.1 Å². The summed E-state index contributed by atoms with van der Waals surface area (Å²) < 4.78 is 5.54. The summed E-state index contributed by atoms with van der Waals surface area (Å²) >= 11 is 0. The Morgan fingerprint density at radius 3 is 2.90 bits per heavy atom. The topological polar surface area (TPSA) is 61.5 Å². The Balaban J connectivity index is 1.45. The number of anilines is 1. The molecule has 0 bridgehead atoms. The Morgan fingerprint density at radius 1 is 1.21 bits per heavy atom. The molecule has 0 saturated carbocycles. The average Bonchev–Trinajstić information content (AvgIpc) is 3.27. The zero-order valence-corrected chi connectivity index (χ0v) is 16.8. The van der Waals surface area contributed by atoms with Gasteiger partial charge in [0.2, 0.25) is 5.95 Å². The third-order valence-corrected chi connectivity index (χ3v) is 5.71. The second-order valence-corrected chi connectivity index (χ2v) is 7.90. The summed E-state index contributed by atoms with van der Waals surface area (Å²) in [5.74, 6) is 4.33. The number of aromatic nitrogens is 2. The molecule has 6 nitrogen and oxygen atoms in total. The van der Waals surface area contributed by atoms with Crippen LogP contribution in [0.1, 0.15) is 42.9 Å². The molecule has 29 heavy (non-hydrogen) atoms. The van der Waals surface area contributed by atoms with Crippen LogP contribution < -0.4 is 15.2 Å². The molecule has 2 fully saturated rings. The van der Waals surface area contributed by atoms with Crippen molar-refractivity contribution >= 4 is 5.95 Å². The molecule has 152 valence electrons. The predicted octanol–water partition coefficient (Wildman–Crippen LogP) is 2.76. The third-order valence-electron chi connectivity index (χ3n) is 5.71. The fourth-order valence-corrected chi connectivity index (χ4v) is 4.31. The molecular weight excluding hydrogens is 364 g/mol. The number of terminal acetylenes is 1. The van der Waals surface area contributed by atoms with Crippen molar-refractivity contribution in [2.45, 2.75) is 38.1 Å². The van der Waals surface area contributed by atoms with Gasteiger partial charge in [-0.15, -0.1) is 6.42 Å². The Morgan fingerprint density at radius 2 is 2.07 bits per heavy atom. The number of nitrogens with zero attached hydrogens (tertiary/aromatic N) is 3. The molecule has 2 saturated heterocycles. The number of aromatic amines is 1. The van der Waals surface area contributed by atoms with Gasteiger partial charge in [-0.25, -0.2) is 4.98 Å². The molecule has 0 radical (unpaired) electrons. The lowest BCUT2D eigenvalue weighted by atomic mass is 9.94. The van der Waals surface area contributed by atoms with Crippen molar-refractivity contribution < 1.29 is 4.74 Å². The molecule has 1 aromatic heterocycles. The highest BCUT2D eigenvalue weighted by Crippen LogP contribution is 2.27. The minimum Gasteiger partial charge on any atom is -0.481 e. The Hall–Kier alpha value is -2.78. The summed E-state index contributed by atoms with van der Waals surface area (Å²) in [7, 11) is 0. The van der Waals surface area contributed by atoms with E-state index in [2.05, 4.69) is 32.8 Å². The number of hydrogen-bond acceptors (Lipinski definition) is 5. The van der Waals surface area contributed by atoms with Crippen LogP contribution in [0.15, 0.2) is 35.1 Å². The van der Waals surface area contributed by atoms with Crippen molar-refractivity contribution in [1.82, 2.24) is 14.9 Å². The van der Waals surface area contributed by atoms with Crippen LogP contribution in [0.3, 0.4) is 0 Å². The SMILES string of the molecule is C#CCOc1cccc(CN2CCCC(c3cc(=O)[nH]c(N4CCCC4)n3)C2)c1. The number of piperidine rings is 1. The number of likely N-dealkylation sites (tertiary alicyclic amines) is 1. The maximum absolute atomic E-state index is 12.2. The highest BCUT2D eigenvalue weighted by atomic mass is 16.5. The number of H-pyrrole nitrogens is 1. The highest BCUT2D eigenvalue weighted by molar-refractivity contribution is 5.32. The summed E-state index contributed by atoms with van der Waals surface area (Å²) in [6.07, 6.45) is 9.77. The molecule has 2 aromatic rings. The molecule has 0 amide bonds. The molecule has 0 spiro atoms. The van der Waals surface area contributed by atoms with Crippen LogP contribution in [0.25, 0.3) is 0 Å². The van der Waals surface area contributed by atoms with Crippen LogP contribution >= 0.6 is 0 Å². The second-order valence-electron chi connectivity index (χ2n) is 7.90. The first-order valence-corrected chi connectivity index (χ1v) is 10.4. The van der Waals surface area contributed by atoms with Crippen LogP contribution in [0.4, 0.5) is 5.95 Å². The molecule has 2 aliphatic rings. The molecule has 1 N–H and O–H groups in total. The lowest BCUT2D eigenvalue weighted by molar-refractivity contribution is 0.198. The minimum atomic E-state index is -0.0487. The van der Waals surface area contributed by atoms with Gasteiger partial charge in [-0.3, -0.25) is 14.7 Å². The van der Waals surface area contributed by atoms with Gasteiger partial charge in [0.25, 0.3) is 5.56 Å². The normalized spacial score (nSPS) is 19.8. The number of rotatable bonds is 6. The van der Waals surface area contributed by atoms with Crippen LogP contribution in [-0.2, 0) is 6.54 Å². The second kappa shape index (κ2) is 9.15. The molecule has 0 aliphatic carbocycles. The number of hydrogen-bond donors (Lipinski definition) is 1. The van der Waals surface area contributed by atoms with Crippen molar-refractivity contribution in [1.29, 1.82) is 0 Å². The van der Waals surface area contributed by atoms with E-state index in [4.69, 9.17) is 16.1 Å². The van der Waals surface area contributed by atoms with Crippen LogP contribution in [0.2, 0.25) is 0 Å². The van der Waals surface area contributed by atoms with E-state index < -0.39 is 0 Å². The van der Waals surface area contributed by atoms with Gasteiger partial charge in [0.05, 0.1) is 5.69 Å². The zero-order chi connectivity index (χ0) is 20.1. The quantitative estimate of drug-likeness (QED) is 0.766. The van der Waals surface area contributed by atoms with E-state index in [1.54, 1.807) is 6.07 Å². The largest absolute Gasteiger partial charge is 0.481 e. The fourth-order valence-electron chi connectivity index (χ4n) is 4.31. The Kier molecular flexibility index (Phi) is 6.16. The first-order chi connectivity index (χ1) is 14.2. The summed E-state index contributed by atoms with van der Waals surface area (Å²) in [5, 5.41) is 0. The summed E-state index contributed by atoms with van der Waals surface area (Å²) in [6.45, 7) is 5.04. The minimum absolute atomic E-state index is 0.0487. The van der Waals surface area contributed by atoms with Gasteiger partial charge in [0.1, 0.15) is 12.4 Å². The lowest BCUT2D eigenvalue weighted by Gasteiger charge is -2.32. The molecular formula is C23H28N4O2. The van der Waals surface area contributed by atoms with Gasteiger partial charge < -0.3 is 9.64 Å². The van der Waals surface area contributed by atoms with Crippen molar-refractivity contribution in [3.63, 3.8) is 0 Å². The van der Waals surface area contributed by atoms with Gasteiger partial charge in [-0.05, 0) is 49.9 Å². The van der Waals surface area contributed by atoms with Gasteiger partial charge in [0, 0.05) is 38.2 Å². The Labute approximate surface area is 171 Å². The van der Waals surface area contributed by atoms with Crippen molar-refractivity contribution in [2.75, 3.05) is 37.7 Å². The van der Waals surface area contributed by atoms with E-state index >= 15 is 0 Å². The maximum atomic E-state index is 12.2. The standard InChI is InChI=1S/C23H28N4O2/c1-2-13-29-20-9-5-7-18(14-20)16-26-10-6-8-19(17-26)21-15-22(28)25-23(24-21)27-11-3-4-12-27/h1,5,7,9,14-15,19H,3-4,6,8,10-13,16-17H2,(H,24,25,28). The fraction of sp³-hybridized carbons (Fsp3) is 0.478. The molecule has 1 unspecified atom stereocenters. The van der Waals surface area contributed by atoms with E-state index in [0.717, 1.165) is 75.8 Å². The van der Waals surface area contributed by atoms with Crippen LogP contribution in [0.5, 0.6) is 5.75 Å². The molecule has 6 heteroatoms. The van der Waals surface area contributed by atoms with E-state index in [9.17, 15) is 4.79 Å². The monoisotopic (exact) mass is 392 g/mol. The number of ether oxygens (including phenoxy) is 1.